The smallest absolute Gasteiger partial charge is 0.00539 e. The summed E-state index contributed by atoms with van der Waals surface area (Å²) in [6, 6.07) is 0. The third kappa shape index (κ3) is 3.01. The van der Waals surface area contributed by atoms with Gasteiger partial charge in [0.2, 0.25) is 0 Å². The van der Waals surface area contributed by atoms with Crippen LogP contribution in [-0.4, -0.2) is 15.5 Å². The first kappa shape index (κ1) is 21.3. The predicted octanol–water partition coefficient (Wildman–Crippen LogP) is 6.29. The molecule has 0 aliphatic heterocycles. The number of hydrogen-bond donors (Lipinski definition) is 0. The maximum Gasteiger partial charge on any atom is -0.00539 e. The van der Waals surface area contributed by atoms with Crippen molar-refractivity contribution in [2.45, 2.75) is 102 Å². The molecule has 0 aromatic rings. The lowest BCUT2D eigenvalue weighted by Gasteiger charge is -2.64. The molecule has 0 amide bonds. The first-order valence-electron chi connectivity index (χ1n) is 8.48. The number of rotatable bonds is 9. The van der Waals surface area contributed by atoms with Crippen LogP contribution in [0.2, 0.25) is 0 Å². The molecule has 3 unspecified atom stereocenters. The Morgan fingerprint density at radius 3 is 0.750 bits per heavy atom. The summed E-state index contributed by atoms with van der Waals surface area (Å²) in [6.45, 7) is 16.7. The van der Waals surface area contributed by atoms with E-state index in [4.69, 9.17) is 0 Å². The van der Waals surface area contributed by atoms with Crippen molar-refractivity contribution in [2.75, 3.05) is 0 Å². The highest BCUT2D eigenvalue weighted by molar-refractivity contribution is 7.22. The molecule has 122 valence electrons. The molecule has 0 rings (SSSR count). The molecule has 0 fully saturated rings. The van der Waals surface area contributed by atoms with Crippen molar-refractivity contribution in [3.8, 4) is 0 Å². The van der Waals surface area contributed by atoms with Crippen LogP contribution in [0.4, 0.5) is 0 Å². The van der Waals surface area contributed by atoms with E-state index in [9.17, 15) is 0 Å². The first-order chi connectivity index (χ1) is 9.11. The summed E-state index contributed by atoms with van der Waals surface area (Å²) in [7, 11) is 9.83. The standard InChI is InChI=1S/C17H39P3/c1-8-15(18,9-2)14(7,16(19,10-3)11-4)17(20,12-5)13-6/h8-13,18-20H2,1-7H3. The average Bonchev–Trinajstić information content (AvgIpc) is 2.51. The van der Waals surface area contributed by atoms with Gasteiger partial charge in [-0.1, -0.05) is 48.5 Å². The van der Waals surface area contributed by atoms with Gasteiger partial charge in [0.1, 0.15) is 0 Å². The van der Waals surface area contributed by atoms with Gasteiger partial charge >= 0.3 is 0 Å². The van der Waals surface area contributed by atoms with E-state index < -0.39 is 0 Å². The minimum atomic E-state index is 0.253. The summed E-state index contributed by atoms with van der Waals surface area (Å²) in [4.78, 5) is 0. The van der Waals surface area contributed by atoms with Gasteiger partial charge in [-0.2, -0.15) is 0 Å². The highest BCUT2D eigenvalue weighted by atomic mass is 31.0. The Kier molecular flexibility index (Phi) is 8.21. The van der Waals surface area contributed by atoms with Gasteiger partial charge in [-0.15, -0.1) is 27.7 Å². The van der Waals surface area contributed by atoms with Crippen LogP contribution in [0.5, 0.6) is 0 Å². The minimum Gasteiger partial charge on any atom is -0.130 e. The van der Waals surface area contributed by atoms with Crippen LogP contribution in [0.1, 0.15) is 87.0 Å². The molecule has 0 aliphatic carbocycles. The van der Waals surface area contributed by atoms with Crippen LogP contribution < -0.4 is 0 Å². The van der Waals surface area contributed by atoms with Gasteiger partial charge in [0, 0.05) is 0 Å². The van der Waals surface area contributed by atoms with E-state index >= 15 is 0 Å². The van der Waals surface area contributed by atoms with Crippen molar-refractivity contribution in [3.05, 3.63) is 0 Å². The third-order valence-electron chi connectivity index (χ3n) is 6.77. The second kappa shape index (κ2) is 7.71. The van der Waals surface area contributed by atoms with Crippen LogP contribution in [0.25, 0.3) is 0 Å². The summed E-state index contributed by atoms with van der Waals surface area (Å²) < 4.78 is 0. The van der Waals surface area contributed by atoms with Crippen molar-refractivity contribution < 1.29 is 0 Å². The maximum absolute atomic E-state index is 3.28. The van der Waals surface area contributed by atoms with E-state index in [1.54, 1.807) is 0 Å². The molecule has 0 N–H and O–H groups in total. The molecule has 20 heavy (non-hydrogen) atoms. The summed E-state index contributed by atoms with van der Waals surface area (Å²) in [5.41, 5.74) is 0.253. The van der Waals surface area contributed by atoms with Crippen LogP contribution in [-0.2, 0) is 0 Å². The molecule has 0 aromatic heterocycles. The summed E-state index contributed by atoms with van der Waals surface area (Å²) in [5.74, 6) is 0. The molecular formula is C17H39P3. The van der Waals surface area contributed by atoms with E-state index in [0.29, 0.717) is 0 Å². The summed E-state index contributed by atoms with van der Waals surface area (Å²) >= 11 is 0. The molecule has 0 bridgehead atoms. The zero-order valence-electron chi connectivity index (χ0n) is 15.0. The highest BCUT2D eigenvalue weighted by Crippen LogP contribution is 2.66. The second-order valence-electron chi connectivity index (χ2n) is 6.71. The van der Waals surface area contributed by atoms with Gasteiger partial charge in [0.05, 0.1) is 0 Å². The van der Waals surface area contributed by atoms with Gasteiger partial charge in [-0.3, -0.25) is 0 Å². The molecule has 0 aromatic carbocycles. The normalized spacial score (nSPS) is 14.7. The van der Waals surface area contributed by atoms with Gasteiger partial charge in [-0.05, 0) is 59.4 Å². The largest absolute Gasteiger partial charge is 0.130 e. The molecule has 0 radical (unpaired) electrons. The Bertz CT molecular complexity index is 241. The minimum absolute atomic E-state index is 0.253. The Morgan fingerprint density at radius 1 is 0.500 bits per heavy atom. The highest BCUT2D eigenvalue weighted by Gasteiger charge is 2.60. The molecule has 3 atom stereocenters. The molecular weight excluding hydrogens is 297 g/mol. The van der Waals surface area contributed by atoms with Crippen LogP contribution in [0, 0.1) is 5.41 Å². The molecule has 0 heterocycles. The fraction of sp³-hybridized carbons (Fsp3) is 1.00. The second-order valence-corrected chi connectivity index (χ2v) is 10.0. The molecule has 0 saturated heterocycles. The van der Waals surface area contributed by atoms with Crippen LogP contribution in [0.15, 0.2) is 0 Å². The topological polar surface area (TPSA) is 0 Å². The van der Waals surface area contributed by atoms with Gasteiger partial charge < -0.3 is 0 Å². The fourth-order valence-electron chi connectivity index (χ4n) is 4.36. The molecule has 0 spiro atoms. The lowest BCUT2D eigenvalue weighted by Crippen LogP contribution is -2.63. The quantitative estimate of drug-likeness (QED) is 0.434. The van der Waals surface area contributed by atoms with Crippen molar-refractivity contribution in [1.29, 1.82) is 0 Å². The lowest BCUT2D eigenvalue weighted by atomic mass is 9.54. The van der Waals surface area contributed by atoms with Crippen LogP contribution in [0.3, 0.4) is 0 Å². The molecule has 3 heteroatoms. The molecule has 0 nitrogen and oxygen atoms in total. The van der Waals surface area contributed by atoms with Gasteiger partial charge in [0.25, 0.3) is 0 Å². The maximum atomic E-state index is 3.28. The Morgan fingerprint density at radius 2 is 0.650 bits per heavy atom. The Balaban J connectivity index is 6.34. The lowest BCUT2D eigenvalue weighted by molar-refractivity contribution is 0.0672. The zero-order chi connectivity index (χ0) is 16.2. The summed E-state index contributed by atoms with van der Waals surface area (Å²) in [6.07, 6.45) is 7.32. The molecule has 0 aliphatic rings. The SMILES string of the molecule is CCC(P)(CC)C(C)(C(P)(CC)CC)C(P)(CC)CC. The zero-order valence-corrected chi connectivity index (χ0v) is 18.4. The van der Waals surface area contributed by atoms with E-state index in [1.165, 1.54) is 38.5 Å². The fourth-order valence-corrected chi connectivity index (χ4v) is 6.58. The van der Waals surface area contributed by atoms with Crippen molar-refractivity contribution >= 4 is 27.7 Å². The average molecular weight is 336 g/mol. The van der Waals surface area contributed by atoms with E-state index in [1.807, 2.05) is 0 Å². The van der Waals surface area contributed by atoms with Gasteiger partial charge in [-0.25, -0.2) is 0 Å². The van der Waals surface area contributed by atoms with E-state index in [2.05, 4.69) is 76.2 Å². The predicted molar refractivity (Wildman–Crippen MR) is 107 cm³/mol. The van der Waals surface area contributed by atoms with Crippen molar-refractivity contribution in [3.63, 3.8) is 0 Å². The molecule has 0 saturated carbocycles. The van der Waals surface area contributed by atoms with Crippen molar-refractivity contribution in [1.82, 2.24) is 0 Å². The van der Waals surface area contributed by atoms with E-state index in [0.717, 1.165) is 0 Å². The number of hydrogen-bond acceptors (Lipinski definition) is 0. The summed E-state index contributed by atoms with van der Waals surface area (Å²) in [5, 5.41) is 0.859. The first-order valence-corrected chi connectivity index (χ1v) is 10.2. The van der Waals surface area contributed by atoms with Gasteiger partial charge in [0.15, 0.2) is 0 Å². The van der Waals surface area contributed by atoms with Crippen molar-refractivity contribution in [2.24, 2.45) is 5.41 Å². The van der Waals surface area contributed by atoms with E-state index in [-0.39, 0.29) is 20.9 Å². The Hall–Kier alpha value is 1.29. The Labute approximate surface area is 136 Å². The van der Waals surface area contributed by atoms with Crippen LogP contribution >= 0.6 is 27.7 Å². The monoisotopic (exact) mass is 336 g/mol. The third-order valence-corrected chi connectivity index (χ3v) is 11.0.